The summed E-state index contributed by atoms with van der Waals surface area (Å²) in [5.74, 6) is 0.563. The van der Waals surface area contributed by atoms with Crippen LogP contribution in [-0.2, 0) is 0 Å². The van der Waals surface area contributed by atoms with Gasteiger partial charge in [-0.1, -0.05) is 12.1 Å². The largest absolute Gasteiger partial charge is 0.492 e. The second-order valence-corrected chi connectivity index (χ2v) is 8.86. The molecule has 36 heavy (non-hydrogen) atoms. The summed E-state index contributed by atoms with van der Waals surface area (Å²) in [5, 5.41) is 6.28. The summed E-state index contributed by atoms with van der Waals surface area (Å²) in [7, 11) is 1.41. The van der Waals surface area contributed by atoms with Crippen molar-refractivity contribution in [1.82, 2.24) is 19.9 Å². The normalized spacial score (nSPS) is 19.5. The fourth-order valence-electron chi connectivity index (χ4n) is 4.87. The van der Waals surface area contributed by atoms with Crippen molar-refractivity contribution in [3.63, 3.8) is 0 Å². The van der Waals surface area contributed by atoms with Crippen LogP contribution >= 0.6 is 0 Å². The molecule has 2 aliphatic rings. The van der Waals surface area contributed by atoms with Crippen LogP contribution in [0.2, 0.25) is 0 Å². The lowest BCUT2D eigenvalue weighted by molar-refractivity contribution is 0.237. The number of carbonyl (C=O) groups excluding carboxylic acids is 1. The molecule has 0 fully saturated rings. The van der Waals surface area contributed by atoms with E-state index in [1.165, 1.54) is 13.2 Å². The first-order valence-electron chi connectivity index (χ1n) is 11.8. The van der Waals surface area contributed by atoms with Crippen molar-refractivity contribution < 1.29 is 18.7 Å². The maximum Gasteiger partial charge on any atom is 0.327 e. The number of hydrogen-bond acceptors (Lipinski definition) is 6. The van der Waals surface area contributed by atoms with Crippen LogP contribution in [0.5, 0.6) is 11.6 Å². The van der Waals surface area contributed by atoms with E-state index in [1.54, 1.807) is 29.0 Å². The minimum Gasteiger partial charge on any atom is -0.492 e. The molecule has 3 aromatic heterocycles. The van der Waals surface area contributed by atoms with Crippen molar-refractivity contribution in [3.8, 4) is 22.8 Å². The number of pyridine rings is 2. The zero-order valence-corrected chi connectivity index (χ0v) is 19.8. The first-order valence-corrected chi connectivity index (χ1v) is 11.8. The number of nitrogens with one attached hydrogen (secondary N) is 2. The SMILES string of the molecule is COc1c(F)cccc1Nc1c2cc3n1C(=O)NCC3C/C=C\[C@@H](C)Oc1ccc3nccc-2c3n1. The molecule has 4 bridgehead atoms. The van der Waals surface area contributed by atoms with Gasteiger partial charge in [-0.25, -0.2) is 14.2 Å². The molecule has 182 valence electrons. The molecule has 8 nitrogen and oxygen atoms in total. The minimum atomic E-state index is -0.504. The molecule has 6 rings (SSSR count). The van der Waals surface area contributed by atoms with Crippen molar-refractivity contribution >= 4 is 28.6 Å². The van der Waals surface area contributed by atoms with E-state index in [2.05, 4.69) is 21.7 Å². The van der Waals surface area contributed by atoms with Crippen LogP contribution in [0.25, 0.3) is 22.2 Å². The number of fused-ring (bicyclic) bond motifs is 3. The van der Waals surface area contributed by atoms with Crippen molar-refractivity contribution in [3.05, 3.63) is 72.3 Å². The third kappa shape index (κ3) is 3.64. The number of para-hydroxylation sites is 1. The number of methoxy groups -OCH3 is 1. The van der Waals surface area contributed by atoms with Crippen molar-refractivity contribution in [2.45, 2.75) is 25.4 Å². The van der Waals surface area contributed by atoms with Crippen molar-refractivity contribution in [2.24, 2.45) is 0 Å². The summed E-state index contributed by atoms with van der Waals surface area (Å²) in [6.07, 6.45) is 6.31. The van der Waals surface area contributed by atoms with Crippen LogP contribution in [0.1, 0.15) is 25.0 Å². The van der Waals surface area contributed by atoms with Gasteiger partial charge >= 0.3 is 6.03 Å². The monoisotopic (exact) mass is 485 g/mol. The van der Waals surface area contributed by atoms with Gasteiger partial charge in [0, 0.05) is 41.5 Å². The number of halogens is 1. The lowest BCUT2D eigenvalue weighted by Gasteiger charge is -2.26. The van der Waals surface area contributed by atoms with Gasteiger partial charge < -0.3 is 20.1 Å². The molecule has 4 aromatic rings. The molecular formula is C27H24FN5O3. The molecule has 1 aromatic carbocycles. The van der Waals surface area contributed by atoms with Gasteiger partial charge in [-0.3, -0.25) is 9.55 Å². The van der Waals surface area contributed by atoms with E-state index in [0.717, 1.165) is 16.8 Å². The highest BCUT2D eigenvalue weighted by atomic mass is 19.1. The third-order valence-corrected chi connectivity index (χ3v) is 6.56. The number of carbonyl (C=O) groups is 1. The Bertz CT molecular complexity index is 1530. The van der Waals surface area contributed by atoms with Gasteiger partial charge in [0.2, 0.25) is 5.88 Å². The zero-order valence-electron chi connectivity index (χ0n) is 19.8. The number of nitrogens with zero attached hydrogens (tertiary/aromatic N) is 3. The topological polar surface area (TPSA) is 90.3 Å². The first-order chi connectivity index (χ1) is 17.5. The highest BCUT2D eigenvalue weighted by Gasteiger charge is 2.31. The predicted octanol–water partition coefficient (Wildman–Crippen LogP) is 5.37. The highest BCUT2D eigenvalue weighted by Crippen LogP contribution is 2.42. The average molecular weight is 486 g/mol. The minimum absolute atomic E-state index is 0.0315. The molecule has 2 atom stereocenters. The summed E-state index contributed by atoms with van der Waals surface area (Å²) in [5.41, 5.74) is 4.10. The number of hydrogen-bond donors (Lipinski definition) is 2. The fraction of sp³-hybridized carbons (Fsp3) is 0.222. The maximum atomic E-state index is 14.5. The van der Waals surface area contributed by atoms with E-state index < -0.39 is 5.82 Å². The van der Waals surface area contributed by atoms with Crippen LogP contribution in [0, 0.1) is 5.82 Å². The van der Waals surface area contributed by atoms with Gasteiger partial charge in [0.15, 0.2) is 11.6 Å². The predicted molar refractivity (Wildman–Crippen MR) is 135 cm³/mol. The summed E-state index contributed by atoms with van der Waals surface area (Å²) in [6.45, 7) is 2.46. The Morgan fingerprint density at radius 3 is 2.97 bits per heavy atom. The molecule has 0 radical (unpaired) electrons. The van der Waals surface area contributed by atoms with Crippen LogP contribution in [0.3, 0.4) is 0 Å². The van der Waals surface area contributed by atoms with Gasteiger partial charge in [0.05, 0.1) is 18.3 Å². The van der Waals surface area contributed by atoms with E-state index in [-0.39, 0.29) is 23.8 Å². The molecule has 1 amide bonds. The Morgan fingerprint density at radius 1 is 1.22 bits per heavy atom. The number of amides is 1. The number of anilines is 2. The quantitative estimate of drug-likeness (QED) is 0.379. The van der Waals surface area contributed by atoms with E-state index in [9.17, 15) is 9.18 Å². The molecule has 5 heterocycles. The molecular weight excluding hydrogens is 461 g/mol. The lowest BCUT2D eigenvalue weighted by Crippen LogP contribution is -2.39. The third-order valence-electron chi connectivity index (χ3n) is 6.56. The molecule has 0 saturated heterocycles. The van der Waals surface area contributed by atoms with E-state index in [4.69, 9.17) is 14.5 Å². The maximum absolute atomic E-state index is 14.5. The van der Waals surface area contributed by atoms with Crippen molar-refractivity contribution in [1.29, 1.82) is 0 Å². The number of rotatable bonds is 3. The zero-order chi connectivity index (χ0) is 24.8. The number of aromatic nitrogens is 3. The number of ether oxygens (including phenoxy) is 2. The molecule has 0 aliphatic carbocycles. The van der Waals surface area contributed by atoms with Gasteiger partial charge in [0.1, 0.15) is 17.4 Å². The molecule has 9 heteroatoms. The van der Waals surface area contributed by atoms with Crippen LogP contribution in [0.15, 0.2) is 60.8 Å². The summed E-state index contributed by atoms with van der Waals surface area (Å²) in [4.78, 5) is 22.4. The molecule has 2 N–H and O–H groups in total. The van der Waals surface area contributed by atoms with E-state index in [0.29, 0.717) is 41.4 Å². The molecule has 0 saturated carbocycles. The standard InChI is InChI=1S/C27H24FN5O3/c1-15-5-3-6-16-14-30-27(34)33-22(16)13-18(26(33)31-21-8-4-7-19(28)25(21)35-2)17-11-12-29-20-9-10-23(36-15)32-24(17)20/h3-5,7-13,15-16,31H,6,14H2,1-2H3,(H,30,34)/b5-3-/t15-,16?/m1/s1. The van der Waals surface area contributed by atoms with Crippen LogP contribution < -0.4 is 20.1 Å². The molecule has 2 aliphatic heterocycles. The van der Waals surface area contributed by atoms with Gasteiger partial charge in [-0.2, -0.15) is 0 Å². The van der Waals surface area contributed by atoms with Gasteiger partial charge in [-0.15, -0.1) is 0 Å². The van der Waals surface area contributed by atoms with E-state index in [1.807, 2.05) is 31.2 Å². The Morgan fingerprint density at radius 2 is 2.11 bits per heavy atom. The molecule has 0 spiro atoms. The van der Waals surface area contributed by atoms with Crippen LogP contribution in [0.4, 0.5) is 20.7 Å². The van der Waals surface area contributed by atoms with Gasteiger partial charge in [0.25, 0.3) is 0 Å². The second-order valence-electron chi connectivity index (χ2n) is 8.86. The Kier molecular flexibility index (Phi) is 5.32. The summed E-state index contributed by atoms with van der Waals surface area (Å²) >= 11 is 0. The first kappa shape index (κ1) is 22.1. The second kappa shape index (κ2) is 8.67. The van der Waals surface area contributed by atoms with Crippen molar-refractivity contribution in [2.75, 3.05) is 19.0 Å². The molecule has 1 unspecified atom stereocenters. The Labute approximate surface area is 206 Å². The number of allylic oxidation sites excluding steroid dienone is 1. The number of benzene rings is 1. The summed E-state index contributed by atoms with van der Waals surface area (Å²) < 4.78 is 27.5. The van der Waals surface area contributed by atoms with Gasteiger partial charge in [-0.05, 0) is 49.8 Å². The van der Waals surface area contributed by atoms with Crippen LogP contribution in [-0.4, -0.2) is 40.3 Å². The highest BCUT2D eigenvalue weighted by molar-refractivity contribution is 5.99. The smallest absolute Gasteiger partial charge is 0.327 e. The lowest BCUT2D eigenvalue weighted by atomic mass is 9.98. The Balaban J connectivity index is 1.64. The summed E-state index contributed by atoms with van der Waals surface area (Å²) in [6, 6.07) is 11.9. The van der Waals surface area contributed by atoms with E-state index >= 15 is 0 Å². The Hall–Kier alpha value is -4.40. The fourth-order valence-corrected chi connectivity index (χ4v) is 4.87. The average Bonchev–Trinajstić information content (AvgIpc) is 3.25.